The summed E-state index contributed by atoms with van der Waals surface area (Å²) < 4.78 is 5.15. The molecule has 0 aliphatic carbocycles. The van der Waals surface area contributed by atoms with Crippen LogP contribution in [0.3, 0.4) is 0 Å². The van der Waals surface area contributed by atoms with Crippen LogP contribution in [0.5, 0.6) is 0 Å². The number of nitrogens with zero attached hydrogens (tertiary/aromatic N) is 2. The van der Waals surface area contributed by atoms with Crippen LogP contribution in [0, 0.1) is 0 Å². The zero-order chi connectivity index (χ0) is 15.2. The first-order valence-corrected chi connectivity index (χ1v) is 7.01. The van der Waals surface area contributed by atoms with E-state index >= 15 is 0 Å². The van der Waals surface area contributed by atoms with Crippen molar-refractivity contribution in [2.24, 2.45) is 0 Å². The monoisotopic (exact) mass is 293 g/mol. The van der Waals surface area contributed by atoms with Crippen molar-refractivity contribution in [2.45, 2.75) is 12.8 Å². The number of benzene rings is 2. The first kappa shape index (κ1) is 14.0. The molecule has 1 heterocycles. The molecule has 1 amide bonds. The van der Waals surface area contributed by atoms with E-state index in [1.807, 2.05) is 54.6 Å². The second kappa shape index (κ2) is 6.67. The lowest BCUT2D eigenvalue weighted by molar-refractivity contribution is -0.116. The van der Waals surface area contributed by atoms with Crippen molar-refractivity contribution in [1.82, 2.24) is 10.2 Å². The molecule has 5 nitrogen and oxygen atoms in total. The van der Waals surface area contributed by atoms with Crippen molar-refractivity contribution in [1.29, 1.82) is 0 Å². The topological polar surface area (TPSA) is 68.0 Å². The highest BCUT2D eigenvalue weighted by molar-refractivity contribution is 5.91. The van der Waals surface area contributed by atoms with E-state index in [1.165, 1.54) is 6.39 Å². The van der Waals surface area contributed by atoms with Gasteiger partial charge in [-0.15, -0.1) is 10.2 Å². The fraction of sp³-hybridized carbons (Fsp3) is 0.118. The Morgan fingerprint density at radius 3 is 2.73 bits per heavy atom. The van der Waals surface area contributed by atoms with E-state index in [9.17, 15) is 4.79 Å². The molecule has 0 unspecified atom stereocenters. The Morgan fingerprint density at radius 1 is 1.09 bits per heavy atom. The molecule has 5 heteroatoms. The Bertz CT molecular complexity index is 740. The van der Waals surface area contributed by atoms with Gasteiger partial charge in [0.15, 0.2) is 0 Å². The Hall–Kier alpha value is -2.95. The SMILES string of the molecule is O=C(CCc1ccccc1)Nc1cccc(-c2nnco2)c1. The predicted octanol–water partition coefficient (Wildman–Crippen LogP) is 3.31. The number of aromatic nitrogens is 2. The number of carbonyl (C=O) groups is 1. The summed E-state index contributed by atoms with van der Waals surface area (Å²) in [5, 5.41) is 10.4. The van der Waals surface area contributed by atoms with Crippen LogP contribution in [0.1, 0.15) is 12.0 Å². The van der Waals surface area contributed by atoms with E-state index in [0.717, 1.165) is 17.5 Å². The molecule has 3 aromatic rings. The molecule has 0 spiro atoms. The zero-order valence-electron chi connectivity index (χ0n) is 11.9. The van der Waals surface area contributed by atoms with E-state index in [-0.39, 0.29) is 5.91 Å². The lowest BCUT2D eigenvalue weighted by atomic mass is 10.1. The zero-order valence-corrected chi connectivity index (χ0v) is 11.9. The Balaban J connectivity index is 1.61. The van der Waals surface area contributed by atoms with Crippen LogP contribution >= 0.6 is 0 Å². The second-order valence-corrected chi connectivity index (χ2v) is 4.86. The Morgan fingerprint density at radius 2 is 1.95 bits per heavy atom. The molecule has 1 N–H and O–H groups in total. The molecule has 1 aromatic heterocycles. The summed E-state index contributed by atoms with van der Waals surface area (Å²) in [4.78, 5) is 12.0. The molecule has 0 radical (unpaired) electrons. The molecule has 0 bridgehead atoms. The molecule has 3 rings (SSSR count). The van der Waals surface area contributed by atoms with E-state index in [2.05, 4.69) is 15.5 Å². The highest BCUT2D eigenvalue weighted by atomic mass is 16.4. The number of anilines is 1. The number of carbonyl (C=O) groups excluding carboxylic acids is 1. The van der Waals surface area contributed by atoms with Gasteiger partial charge < -0.3 is 9.73 Å². The summed E-state index contributed by atoms with van der Waals surface area (Å²) in [6.45, 7) is 0. The van der Waals surface area contributed by atoms with E-state index in [1.54, 1.807) is 0 Å². The van der Waals surface area contributed by atoms with Crippen LogP contribution in [0.2, 0.25) is 0 Å². The summed E-state index contributed by atoms with van der Waals surface area (Å²) in [5.74, 6) is 0.409. The first-order chi connectivity index (χ1) is 10.8. The van der Waals surface area contributed by atoms with E-state index < -0.39 is 0 Å². The third-order valence-electron chi connectivity index (χ3n) is 3.24. The van der Waals surface area contributed by atoms with Gasteiger partial charge in [0.25, 0.3) is 0 Å². The van der Waals surface area contributed by atoms with Gasteiger partial charge in [0, 0.05) is 17.7 Å². The third-order valence-corrected chi connectivity index (χ3v) is 3.24. The molecular formula is C17H15N3O2. The van der Waals surface area contributed by atoms with Crippen molar-refractivity contribution >= 4 is 11.6 Å². The fourth-order valence-electron chi connectivity index (χ4n) is 2.15. The van der Waals surface area contributed by atoms with Crippen molar-refractivity contribution < 1.29 is 9.21 Å². The maximum Gasteiger partial charge on any atom is 0.247 e. The van der Waals surface area contributed by atoms with Crippen LogP contribution in [0.4, 0.5) is 5.69 Å². The number of nitrogens with one attached hydrogen (secondary N) is 1. The van der Waals surface area contributed by atoms with Crippen LogP contribution in [0.25, 0.3) is 11.5 Å². The van der Waals surface area contributed by atoms with Crippen LogP contribution < -0.4 is 5.32 Å². The second-order valence-electron chi connectivity index (χ2n) is 4.86. The molecule has 2 aromatic carbocycles. The number of rotatable bonds is 5. The van der Waals surface area contributed by atoms with Gasteiger partial charge in [-0.1, -0.05) is 36.4 Å². The fourth-order valence-corrected chi connectivity index (χ4v) is 2.15. The molecule has 22 heavy (non-hydrogen) atoms. The molecule has 110 valence electrons. The predicted molar refractivity (Wildman–Crippen MR) is 83.1 cm³/mol. The quantitative estimate of drug-likeness (QED) is 0.783. The smallest absolute Gasteiger partial charge is 0.247 e. The van der Waals surface area contributed by atoms with Crippen molar-refractivity contribution in [3.8, 4) is 11.5 Å². The van der Waals surface area contributed by atoms with Crippen LogP contribution in [-0.4, -0.2) is 16.1 Å². The van der Waals surface area contributed by atoms with Gasteiger partial charge >= 0.3 is 0 Å². The Kier molecular flexibility index (Phi) is 4.25. The van der Waals surface area contributed by atoms with Gasteiger partial charge in [0.2, 0.25) is 18.2 Å². The maximum atomic E-state index is 12.0. The number of amides is 1. The average molecular weight is 293 g/mol. The van der Waals surface area contributed by atoms with E-state index in [4.69, 9.17) is 4.42 Å². The van der Waals surface area contributed by atoms with Gasteiger partial charge in [-0.3, -0.25) is 4.79 Å². The molecule has 0 atom stereocenters. The minimum atomic E-state index is -0.0217. The summed E-state index contributed by atoms with van der Waals surface area (Å²) in [7, 11) is 0. The van der Waals surface area contributed by atoms with Gasteiger partial charge in [-0.05, 0) is 30.2 Å². The highest BCUT2D eigenvalue weighted by Crippen LogP contribution is 2.20. The normalized spacial score (nSPS) is 10.4. The molecule has 0 aliphatic rings. The highest BCUT2D eigenvalue weighted by Gasteiger charge is 2.07. The number of hydrogen-bond acceptors (Lipinski definition) is 4. The molecule has 0 aliphatic heterocycles. The van der Waals surface area contributed by atoms with Crippen molar-refractivity contribution in [2.75, 3.05) is 5.32 Å². The molecule has 0 fully saturated rings. The number of hydrogen-bond donors (Lipinski definition) is 1. The van der Waals surface area contributed by atoms with Gasteiger partial charge in [-0.2, -0.15) is 0 Å². The summed E-state index contributed by atoms with van der Waals surface area (Å²) in [5.41, 5.74) is 2.64. The third kappa shape index (κ3) is 3.58. The van der Waals surface area contributed by atoms with E-state index in [0.29, 0.717) is 18.0 Å². The number of aryl methyl sites for hydroxylation is 1. The van der Waals surface area contributed by atoms with Crippen molar-refractivity contribution in [3.63, 3.8) is 0 Å². The average Bonchev–Trinajstić information content (AvgIpc) is 3.09. The minimum Gasteiger partial charge on any atom is -0.423 e. The first-order valence-electron chi connectivity index (χ1n) is 7.01. The van der Waals surface area contributed by atoms with Gasteiger partial charge in [-0.25, -0.2) is 0 Å². The Labute approximate surface area is 128 Å². The lowest BCUT2D eigenvalue weighted by Crippen LogP contribution is -2.12. The molecule has 0 saturated heterocycles. The lowest BCUT2D eigenvalue weighted by Gasteiger charge is -2.06. The van der Waals surface area contributed by atoms with Crippen LogP contribution in [-0.2, 0) is 11.2 Å². The van der Waals surface area contributed by atoms with Crippen LogP contribution in [0.15, 0.2) is 65.4 Å². The maximum absolute atomic E-state index is 12.0. The van der Waals surface area contributed by atoms with Crippen molar-refractivity contribution in [3.05, 3.63) is 66.6 Å². The van der Waals surface area contributed by atoms with Gasteiger partial charge in [0.1, 0.15) is 0 Å². The minimum absolute atomic E-state index is 0.0217. The standard InChI is InChI=1S/C17H15N3O2/c21-16(10-9-13-5-2-1-3-6-13)19-15-8-4-7-14(11-15)17-20-18-12-22-17/h1-8,11-12H,9-10H2,(H,19,21). The molecular weight excluding hydrogens is 278 g/mol. The summed E-state index contributed by atoms with van der Waals surface area (Å²) in [6.07, 6.45) is 2.44. The largest absolute Gasteiger partial charge is 0.423 e. The molecule has 0 saturated carbocycles. The van der Waals surface area contributed by atoms with Gasteiger partial charge in [0.05, 0.1) is 0 Å². The summed E-state index contributed by atoms with van der Waals surface area (Å²) >= 11 is 0. The summed E-state index contributed by atoms with van der Waals surface area (Å²) in [6, 6.07) is 17.3.